The lowest BCUT2D eigenvalue weighted by Gasteiger charge is -2.21. The van der Waals surface area contributed by atoms with Crippen LogP contribution in [0, 0.1) is 0 Å². The summed E-state index contributed by atoms with van der Waals surface area (Å²) < 4.78 is 4.62. The van der Waals surface area contributed by atoms with Crippen LogP contribution in [0.15, 0.2) is 0 Å². The van der Waals surface area contributed by atoms with Crippen molar-refractivity contribution in [3.63, 3.8) is 0 Å². The summed E-state index contributed by atoms with van der Waals surface area (Å²) in [5, 5.41) is 0. The zero-order valence-corrected chi connectivity index (χ0v) is 9.67. The van der Waals surface area contributed by atoms with Crippen LogP contribution < -0.4 is 5.73 Å². The fourth-order valence-electron chi connectivity index (χ4n) is 1.26. The topological polar surface area (TPSA) is 55.6 Å². The summed E-state index contributed by atoms with van der Waals surface area (Å²) in [6.07, 6.45) is 2.67. The smallest absolute Gasteiger partial charge is 0.325 e. The van der Waals surface area contributed by atoms with Gasteiger partial charge in [-0.1, -0.05) is 0 Å². The van der Waals surface area contributed by atoms with Gasteiger partial charge in [0.25, 0.3) is 0 Å². The summed E-state index contributed by atoms with van der Waals surface area (Å²) in [6.45, 7) is 2.74. The molecule has 84 valence electrons. The summed E-state index contributed by atoms with van der Waals surface area (Å²) in [5.74, 6) is -0.331. The Kier molecular flexibility index (Phi) is 5.72. The maximum Gasteiger partial charge on any atom is 0.325 e. The molecule has 1 unspecified atom stereocenters. The van der Waals surface area contributed by atoms with E-state index in [2.05, 4.69) is 9.64 Å². The van der Waals surface area contributed by atoms with Crippen molar-refractivity contribution in [3.8, 4) is 0 Å². The Morgan fingerprint density at radius 2 is 2.00 bits per heavy atom. The number of carbonyl (C=O) groups excluding carboxylic acids is 1. The molecule has 0 saturated heterocycles. The fourth-order valence-corrected chi connectivity index (χ4v) is 1.26. The molecule has 4 heteroatoms. The molecule has 0 rings (SSSR count). The molecule has 0 amide bonds. The number of unbranched alkanes of at least 4 members (excludes halogenated alkanes) is 1. The van der Waals surface area contributed by atoms with Crippen LogP contribution >= 0.6 is 0 Å². The lowest BCUT2D eigenvalue weighted by molar-refractivity contribution is -0.146. The average Bonchev–Trinajstić information content (AvgIpc) is 2.10. The van der Waals surface area contributed by atoms with Crippen LogP contribution in [-0.2, 0) is 9.53 Å². The molecule has 14 heavy (non-hydrogen) atoms. The lowest BCUT2D eigenvalue weighted by Crippen LogP contribution is -2.45. The normalized spacial score (nSPS) is 15.3. The van der Waals surface area contributed by atoms with Crippen LogP contribution in [0.5, 0.6) is 0 Å². The predicted molar refractivity (Wildman–Crippen MR) is 57.0 cm³/mol. The van der Waals surface area contributed by atoms with Gasteiger partial charge in [-0.3, -0.25) is 4.79 Å². The Morgan fingerprint density at radius 3 is 2.43 bits per heavy atom. The van der Waals surface area contributed by atoms with Crippen LogP contribution in [0.2, 0.25) is 0 Å². The molecule has 0 aromatic heterocycles. The molecule has 0 spiro atoms. The molecule has 1 atom stereocenters. The molecular weight excluding hydrogens is 180 g/mol. The highest BCUT2D eigenvalue weighted by Crippen LogP contribution is 2.12. The van der Waals surface area contributed by atoms with Crippen molar-refractivity contribution in [1.29, 1.82) is 0 Å². The summed E-state index contributed by atoms with van der Waals surface area (Å²) in [4.78, 5) is 13.3. The first-order valence-electron chi connectivity index (χ1n) is 4.92. The highest BCUT2D eigenvalue weighted by molar-refractivity contribution is 5.79. The quantitative estimate of drug-likeness (QED) is 0.506. The van der Waals surface area contributed by atoms with E-state index in [9.17, 15) is 4.79 Å². The number of nitrogens with zero attached hydrogens (tertiary/aromatic N) is 1. The predicted octanol–water partition coefficient (Wildman–Crippen LogP) is 0.609. The van der Waals surface area contributed by atoms with Gasteiger partial charge in [0.1, 0.15) is 5.54 Å². The van der Waals surface area contributed by atoms with Crippen molar-refractivity contribution in [2.45, 2.75) is 31.7 Å². The molecule has 2 N–H and O–H groups in total. The average molecular weight is 202 g/mol. The van der Waals surface area contributed by atoms with Crippen molar-refractivity contribution in [3.05, 3.63) is 0 Å². The lowest BCUT2D eigenvalue weighted by atomic mass is 9.96. The number of carbonyl (C=O) groups is 1. The number of ether oxygens (including phenoxy) is 1. The molecule has 0 heterocycles. The van der Waals surface area contributed by atoms with E-state index in [0.717, 1.165) is 19.4 Å². The number of esters is 1. The molecule has 0 fully saturated rings. The fraction of sp³-hybridized carbons (Fsp3) is 0.900. The van der Waals surface area contributed by atoms with E-state index in [1.54, 1.807) is 6.92 Å². The zero-order chi connectivity index (χ0) is 11.2. The second kappa shape index (κ2) is 5.98. The van der Waals surface area contributed by atoms with Crippen LogP contribution in [0.3, 0.4) is 0 Å². The van der Waals surface area contributed by atoms with Gasteiger partial charge in [0, 0.05) is 0 Å². The first-order chi connectivity index (χ1) is 6.40. The van der Waals surface area contributed by atoms with E-state index in [1.165, 1.54) is 7.11 Å². The third-order valence-corrected chi connectivity index (χ3v) is 2.20. The van der Waals surface area contributed by atoms with Crippen LogP contribution in [0.4, 0.5) is 0 Å². The first kappa shape index (κ1) is 13.4. The third kappa shape index (κ3) is 5.19. The molecule has 0 radical (unpaired) electrons. The third-order valence-electron chi connectivity index (χ3n) is 2.20. The second-order valence-corrected chi connectivity index (χ2v) is 4.17. The Balaban J connectivity index is 3.71. The molecule has 0 aliphatic rings. The van der Waals surface area contributed by atoms with E-state index in [-0.39, 0.29) is 5.97 Å². The maximum atomic E-state index is 11.2. The molecule has 0 saturated carbocycles. The number of rotatable bonds is 6. The van der Waals surface area contributed by atoms with Gasteiger partial charge in [-0.15, -0.1) is 0 Å². The number of hydrogen-bond acceptors (Lipinski definition) is 4. The Labute approximate surface area is 86.4 Å². The number of nitrogens with two attached hydrogens (primary N) is 1. The Morgan fingerprint density at radius 1 is 1.43 bits per heavy atom. The molecule has 4 nitrogen and oxygen atoms in total. The standard InChI is InChI=1S/C10H22N2O2/c1-10(11,9(13)14-4)7-5-6-8-12(2)3/h5-8,11H2,1-4H3. The van der Waals surface area contributed by atoms with Gasteiger partial charge in [0.2, 0.25) is 0 Å². The van der Waals surface area contributed by atoms with Gasteiger partial charge in [0.05, 0.1) is 7.11 Å². The minimum Gasteiger partial charge on any atom is -0.468 e. The van der Waals surface area contributed by atoms with Crippen LogP contribution in [-0.4, -0.2) is 44.2 Å². The number of hydrogen-bond donors (Lipinski definition) is 1. The van der Waals surface area contributed by atoms with Gasteiger partial charge < -0.3 is 15.4 Å². The van der Waals surface area contributed by atoms with E-state index in [1.807, 2.05) is 14.1 Å². The van der Waals surface area contributed by atoms with Gasteiger partial charge in [-0.05, 0) is 46.8 Å². The molecular formula is C10H22N2O2. The SMILES string of the molecule is COC(=O)C(C)(N)CCCCN(C)C. The molecule has 0 aliphatic carbocycles. The monoisotopic (exact) mass is 202 g/mol. The van der Waals surface area contributed by atoms with Crippen LogP contribution in [0.1, 0.15) is 26.2 Å². The summed E-state index contributed by atoms with van der Waals surface area (Å²) in [6, 6.07) is 0. The Bertz CT molecular complexity index is 179. The maximum absolute atomic E-state index is 11.2. The molecule has 0 aromatic rings. The summed E-state index contributed by atoms with van der Waals surface area (Å²) >= 11 is 0. The summed E-state index contributed by atoms with van der Waals surface area (Å²) in [5.41, 5.74) is 4.97. The van der Waals surface area contributed by atoms with E-state index >= 15 is 0 Å². The van der Waals surface area contributed by atoms with E-state index < -0.39 is 5.54 Å². The Hall–Kier alpha value is -0.610. The van der Waals surface area contributed by atoms with Crippen molar-refractivity contribution < 1.29 is 9.53 Å². The summed E-state index contributed by atoms with van der Waals surface area (Å²) in [7, 11) is 5.43. The highest BCUT2D eigenvalue weighted by Gasteiger charge is 2.28. The molecule has 0 aliphatic heterocycles. The van der Waals surface area contributed by atoms with Gasteiger partial charge in [-0.25, -0.2) is 0 Å². The zero-order valence-electron chi connectivity index (χ0n) is 9.67. The van der Waals surface area contributed by atoms with Crippen LogP contribution in [0.25, 0.3) is 0 Å². The van der Waals surface area contributed by atoms with Gasteiger partial charge in [-0.2, -0.15) is 0 Å². The van der Waals surface area contributed by atoms with Crippen molar-refractivity contribution in [2.24, 2.45) is 5.73 Å². The molecule has 0 aromatic carbocycles. The minimum absolute atomic E-state index is 0.331. The van der Waals surface area contributed by atoms with E-state index in [0.29, 0.717) is 6.42 Å². The largest absolute Gasteiger partial charge is 0.468 e. The van der Waals surface area contributed by atoms with Gasteiger partial charge >= 0.3 is 5.97 Å². The van der Waals surface area contributed by atoms with Crippen molar-refractivity contribution in [2.75, 3.05) is 27.7 Å². The van der Waals surface area contributed by atoms with Crippen molar-refractivity contribution >= 4 is 5.97 Å². The van der Waals surface area contributed by atoms with E-state index in [4.69, 9.17) is 5.73 Å². The van der Waals surface area contributed by atoms with Crippen molar-refractivity contribution in [1.82, 2.24) is 4.90 Å². The number of methoxy groups -OCH3 is 1. The second-order valence-electron chi connectivity index (χ2n) is 4.17. The minimum atomic E-state index is -0.832. The molecule has 0 bridgehead atoms. The highest BCUT2D eigenvalue weighted by atomic mass is 16.5. The first-order valence-corrected chi connectivity index (χ1v) is 4.92. The van der Waals surface area contributed by atoms with Gasteiger partial charge in [0.15, 0.2) is 0 Å².